The van der Waals surface area contributed by atoms with Crippen molar-refractivity contribution in [2.45, 2.75) is 24.9 Å². The Bertz CT molecular complexity index is 914. The van der Waals surface area contributed by atoms with Crippen molar-refractivity contribution >= 4 is 0 Å². The van der Waals surface area contributed by atoms with Gasteiger partial charge in [0, 0.05) is 7.11 Å². The zero-order valence-corrected chi connectivity index (χ0v) is 16.1. The molecular weight excluding hydrogens is 362 g/mol. The molecule has 3 aliphatic heterocycles. The summed E-state index contributed by atoms with van der Waals surface area (Å²) in [7, 11) is 4.94. The largest absolute Gasteiger partial charge is 0.493 e. The van der Waals surface area contributed by atoms with Gasteiger partial charge in [-0.05, 0) is 47.9 Å². The second-order valence-electron chi connectivity index (χ2n) is 7.01. The third-order valence-electron chi connectivity index (χ3n) is 5.68. The minimum absolute atomic E-state index is 0.0322. The van der Waals surface area contributed by atoms with Gasteiger partial charge in [-0.1, -0.05) is 6.07 Å². The monoisotopic (exact) mass is 385 g/mol. The van der Waals surface area contributed by atoms with E-state index in [2.05, 4.69) is 11.4 Å². The standard InChI is InChI=1S/C21H23NO6/c1-23-15-8-11-6-7-22-18-12-4-5-14-20(27-10-26-14)17(12)21(25-3)28-19(18)13(11)9-16(15)24-2/h4-5,8-9,18-19,21-22H,6-7,10H2,1-3H3/t18-,19?,21-/m1/s1. The van der Waals surface area contributed by atoms with Crippen LogP contribution in [0, 0.1) is 0 Å². The molecule has 3 atom stereocenters. The Morgan fingerprint density at radius 1 is 1.00 bits per heavy atom. The van der Waals surface area contributed by atoms with Crippen LogP contribution in [0.2, 0.25) is 0 Å². The van der Waals surface area contributed by atoms with Crippen LogP contribution in [0.1, 0.15) is 40.7 Å². The lowest BCUT2D eigenvalue weighted by Gasteiger charge is -2.38. The van der Waals surface area contributed by atoms with E-state index in [0.29, 0.717) is 11.5 Å². The minimum atomic E-state index is -0.547. The van der Waals surface area contributed by atoms with E-state index in [4.69, 9.17) is 28.4 Å². The molecule has 0 bridgehead atoms. The Hall–Kier alpha value is -2.48. The van der Waals surface area contributed by atoms with Crippen molar-refractivity contribution in [3.63, 3.8) is 0 Å². The predicted molar refractivity (Wildman–Crippen MR) is 100 cm³/mol. The number of hydrogen-bond donors (Lipinski definition) is 1. The molecule has 3 heterocycles. The smallest absolute Gasteiger partial charge is 0.231 e. The lowest BCUT2D eigenvalue weighted by Crippen LogP contribution is -2.34. The van der Waals surface area contributed by atoms with Crippen molar-refractivity contribution in [3.05, 3.63) is 46.5 Å². The highest BCUT2D eigenvalue weighted by atomic mass is 16.7. The molecule has 0 fully saturated rings. The Labute approximate surface area is 163 Å². The molecule has 0 aliphatic carbocycles. The molecule has 7 heteroatoms. The SMILES string of the molecule is COc1cc2c(cc1OC)C1O[C@@H](OC)c3c(ccc4c3OCO4)[C@H]1NCC2. The van der Waals surface area contributed by atoms with Gasteiger partial charge < -0.3 is 33.7 Å². The molecule has 0 saturated heterocycles. The maximum Gasteiger partial charge on any atom is 0.231 e. The molecule has 0 radical (unpaired) electrons. The van der Waals surface area contributed by atoms with Gasteiger partial charge in [-0.2, -0.15) is 0 Å². The Morgan fingerprint density at radius 3 is 2.61 bits per heavy atom. The van der Waals surface area contributed by atoms with E-state index >= 15 is 0 Å². The van der Waals surface area contributed by atoms with Crippen molar-refractivity contribution < 1.29 is 28.4 Å². The van der Waals surface area contributed by atoms with Gasteiger partial charge in [0.1, 0.15) is 6.10 Å². The summed E-state index contributed by atoms with van der Waals surface area (Å²) >= 11 is 0. The molecule has 0 amide bonds. The molecule has 3 aliphatic rings. The first-order chi connectivity index (χ1) is 13.7. The average Bonchev–Trinajstić information content (AvgIpc) is 3.14. The normalized spacial score (nSPS) is 24.6. The van der Waals surface area contributed by atoms with Crippen molar-refractivity contribution in [2.24, 2.45) is 0 Å². The van der Waals surface area contributed by atoms with Crippen LogP contribution in [0.15, 0.2) is 24.3 Å². The Balaban J connectivity index is 1.66. The van der Waals surface area contributed by atoms with Gasteiger partial charge in [-0.15, -0.1) is 0 Å². The van der Waals surface area contributed by atoms with Crippen LogP contribution in [0.5, 0.6) is 23.0 Å². The quantitative estimate of drug-likeness (QED) is 0.871. The minimum Gasteiger partial charge on any atom is -0.493 e. The molecule has 148 valence electrons. The lowest BCUT2D eigenvalue weighted by atomic mass is 9.87. The fourth-order valence-corrected chi connectivity index (χ4v) is 4.39. The maximum absolute atomic E-state index is 6.45. The molecule has 28 heavy (non-hydrogen) atoms. The summed E-state index contributed by atoms with van der Waals surface area (Å²) in [6.45, 7) is 1.03. The zero-order valence-electron chi connectivity index (χ0n) is 16.1. The first-order valence-electron chi connectivity index (χ1n) is 9.34. The molecule has 2 aromatic rings. The second-order valence-corrected chi connectivity index (χ2v) is 7.01. The molecule has 0 saturated carbocycles. The van der Waals surface area contributed by atoms with E-state index < -0.39 is 6.29 Å². The Morgan fingerprint density at radius 2 is 1.82 bits per heavy atom. The lowest BCUT2D eigenvalue weighted by molar-refractivity contribution is -0.181. The summed E-state index contributed by atoms with van der Waals surface area (Å²) in [4.78, 5) is 0. The van der Waals surface area contributed by atoms with E-state index in [1.165, 1.54) is 5.56 Å². The van der Waals surface area contributed by atoms with E-state index in [1.807, 2.05) is 18.2 Å². The highest BCUT2D eigenvalue weighted by Gasteiger charge is 2.42. The van der Waals surface area contributed by atoms with Gasteiger partial charge in [-0.25, -0.2) is 0 Å². The summed E-state index contributed by atoms with van der Waals surface area (Å²) in [6.07, 6.45) is 0.0905. The van der Waals surface area contributed by atoms with Gasteiger partial charge in [0.25, 0.3) is 0 Å². The van der Waals surface area contributed by atoms with Gasteiger partial charge in [0.05, 0.1) is 25.8 Å². The van der Waals surface area contributed by atoms with Crippen LogP contribution in [-0.2, 0) is 15.9 Å². The first-order valence-corrected chi connectivity index (χ1v) is 9.34. The van der Waals surface area contributed by atoms with Gasteiger partial charge >= 0.3 is 0 Å². The summed E-state index contributed by atoms with van der Waals surface area (Å²) in [5.41, 5.74) is 4.26. The van der Waals surface area contributed by atoms with Gasteiger partial charge in [0.2, 0.25) is 6.79 Å². The summed E-state index contributed by atoms with van der Waals surface area (Å²) in [6, 6.07) is 8.06. The van der Waals surface area contributed by atoms with E-state index in [-0.39, 0.29) is 18.9 Å². The van der Waals surface area contributed by atoms with Crippen LogP contribution in [0.25, 0.3) is 0 Å². The van der Waals surface area contributed by atoms with E-state index in [1.54, 1.807) is 21.3 Å². The number of ether oxygens (including phenoxy) is 6. The molecule has 0 spiro atoms. The Kier molecular flexibility index (Phi) is 4.30. The molecule has 1 N–H and O–H groups in total. The van der Waals surface area contributed by atoms with Crippen LogP contribution >= 0.6 is 0 Å². The predicted octanol–water partition coefficient (Wildman–Crippen LogP) is 3.04. The third-order valence-corrected chi connectivity index (χ3v) is 5.68. The molecule has 7 nitrogen and oxygen atoms in total. The van der Waals surface area contributed by atoms with Gasteiger partial charge in [-0.3, -0.25) is 0 Å². The molecule has 0 aromatic heterocycles. The summed E-state index contributed by atoms with van der Waals surface area (Å²) in [5, 5.41) is 3.64. The average molecular weight is 385 g/mol. The molecule has 2 aromatic carbocycles. The van der Waals surface area contributed by atoms with E-state index in [0.717, 1.165) is 41.2 Å². The van der Waals surface area contributed by atoms with Crippen molar-refractivity contribution in [1.82, 2.24) is 5.32 Å². The van der Waals surface area contributed by atoms with Crippen LogP contribution < -0.4 is 24.3 Å². The highest BCUT2D eigenvalue weighted by Crippen LogP contribution is 2.53. The second kappa shape index (κ2) is 6.84. The molecular formula is C21H23NO6. The van der Waals surface area contributed by atoms with Crippen molar-refractivity contribution in [2.75, 3.05) is 34.7 Å². The third kappa shape index (κ3) is 2.54. The van der Waals surface area contributed by atoms with Crippen LogP contribution in [-0.4, -0.2) is 34.7 Å². The summed E-state index contributed by atoms with van der Waals surface area (Å²) < 4.78 is 34.5. The van der Waals surface area contributed by atoms with Gasteiger partial charge in [0.15, 0.2) is 29.3 Å². The fourth-order valence-electron chi connectivity index (χ4n) is 4.39. The highest BCUT2D eigenvalue weighted by molar-refractivity contribution is 5.56. The topological polar surface area (TPSA) is 67.4 Å². The van der Waals surface area contributed by atoms with E-state index in [9.17, 15) is 0 Å². The van der Waals surface area contributed by atoms with Crippen molar-refractivity contribution in [1.29, 1.82) is 0 Å². The molecule has 1 unspecified atom stereocenters. The molecule has 5 rings (SSSR count). The number of fused-ring (bicyclic) bond motifs is 7. The maximum atomic E-state index is 6.45. The number of rotatable bonds is 3. The number of hydrogen-bond acceptors (Lipinski definition) is 7. The fraction of sp³-hybridized carbons (Fsp3) is 0.429. The number of benzene rings is 2. The zero-order chi connectivity index (χ0) is 19.3. The summed E-state index contributed by atoms with van der Waals surface area (Å²) in [5.74, 6) is 2.85. The van der Waals surface area contributed by atoms with Crippen LogP contribution in [0.3, 0.4) is 0 Å². The first kappa shape index (κ1) is 17.6. The number of methoxy groups -OCH3 is 3. The van der Waals surface area contributed by atoms with Crippen LogP contribution in [0.4, 0.5) is 0 Å². The van der Waals surface area contributed by atoms with Crippen molar-refractivity contribution in [3.8, 4) is 23.0 Å². The number of nitrogens with one attached hydrogen (secondary N) is 1.